The fourth-order valence-electron chi connectivity index (χ4n) is 2.87. The molecule has 2 aromatic heterocycles. The molecule has 1 fully saturated rings. The number of rotatable bonds is 3. The molecule has 1 saturated carbocycles. The Morgan fingerprint density at radius 1 is 0.920 bits per heavy atom. The lowest BCUT2D eigenvalue weighted by atomic mass is 9.90. The van der Waals surface area contributed by atoms with Crippen molar-refractivity contribution in [2.24, 2.45) is 0 Å². The molecule has 1 aliphatic rings. The van der Waals surface area contributed by atoms with Gasteiger partial charge in [-0.25, -0.2) is 9.59 Å². The van der Waals surface area contributed by atoms with Crippen molar-refractivity contribution in [1.29, 1.82) is 0 Å². The fourth-order valence-corrected chi connectivity index (χ4v) is 4.26. The maximum Gasteiger partial charge on any atom is 0.355 e. The van der Waals surface area contributed by atoms with Crippen LogP contribution in [0.2, 0.25) is 0 Å². The quantitative estimate of drug-likeness (QED) is 0.734. The summed E-state index contributed by atoms with van der Waals surface area (Å²) < 4.78 is 5.20. The van der Waals surface area contributed by atoms with Crippen molar-refractivity contribution in [3.05, 3.63) is 66.9 Å². The molecule has 0 amide bonds. The Balaban J connectivity index is 0.000000146. The van der Waals surface area contributed by atoms with Gasteiger partial charge < -0.3 is 0 Å². The Morgan fingerprint density at radius 3 is 2.20 bits per heavy atom. The summed E-state index contributed by atoms with van der Waals surface area (Å²) in [4.78, 5) is 29.3. The molecule has 0 radical (unpaired) electrons. The molecule has 0 saturated heterocycles. The van der Waals surface area contributed by atoms with Crippen molar-refractivity contribution >= 4 is 23.1 Å². The van der Waals surface area contributed by atoms with E-state index in [4.69, 9.17) is 0 Å². The van der Waals surface area contributed by atoms with Gasteiger partial charge in [-0.2, -0.15) is 9.97 Å². The van der Waals surface area contributed by atoms with Crippen molar-refractivity contribution < 1.29 is 0 Å². The molecule has 2 heterocycles. The van der Waals surface area contributed by atoms with E-state index in [0.717, 1.165) is 16.4 Å². The zero-order chi connectivity index (χ0) is 17.5. The van der Waals surface area contributed by atoms with Crippen LogP contribution >= 0.6 is 23.1 Å². The zero-order valence-corrected chi connectivity index (χ0v) is 15.4. The maximum atomic E-state index is 10.8. The molecule has 2 N–H and O–H groups in total. The van der Waals surface area contributed by atoms with Gasteiger partial charge >= 0.3 is 11.4 Å². The van der Waals surface area contributed by atoms with E-state index in [1.54, 1.807) is 0 Å². The first-order valence-corrected chi connectivity index (χ1v) is 9.98. The largest absolute Gasteiger partial charge is 0.355 e. The van der Waals surface area contributed by atoms with Crippen LogP contribution in [0.25, 0.3) is 0 Å². The molecule has 132 valence electrons. The average Bonchev–Trinajstić information content (AvgIpc) is 3.26. The summed E-state index contributed by atoms with van der Waals surface area (Å²) in [7, 11) is 0. The monoisotopic (exact) mass is 376 g/mol. The van der Waals surface area contributed by atoms with Gasteiger partial charge in [-0.05, 0) is 41.5 Å². The van der Waals surface area contributed by atoms with Crippen LogP contribution in [0.5, 0.6) is 0 Å². The van der Waals surface area contributed by atoms with Crippen molar-refractivity contribution in [2.45, 2.75) is 44.4 Å². The number of aromatic nitrogens is 4. The standard InChI is InChI=1S/C9H8N2OS.C8H12N2OS/c12-9-10-8(13-11-9)6-7-4-2-1-3-5-7;11-8-9-7(12-10-8)6-4-2-1-3-5-6/h1-5H,6H2,(H,11,12);6H,1-5H2,(H,10,11). The van der Waals surface area contributed by atoms with Gasteiger partial charge in [-0.15, -0.1) is 0 Å². The predicted molar refractivity (Wildman–Crippen MR) is 101 cm³/mol. The van der Waals surface area contributed by atoms with Crippen LogP contribution in [0.1, 0.15) is 53.6 Å². The van der Waals surface area contributed by atoms with E-state index >= 15 is 0 Å². The van der Waals surface area contributed by atoms with E-state index in [1.807, 2.05) is 30.3 Å². The summed E-state index contributed by atoms with van der Waals surface area (Å²) in [6.07, 6.45) is 7.07. The SMILES string of the molecule is O=c1nc(C2CCCCC2)s[nH]1.O=c1nc(Cc2ccccc2)s[nH]1. The molecule has 0 unspecified atom stereocenters. The summed E-state index contributed by atoms with van der Waals surface area (Å²) in [6, 6.07) is 9.96. The van der Waals surface area contributed by atoms with Crippen molar-refractivity contribution in [2.75, 3.05) is 0 Å². The lowest BCUT2D eigenvalue weighted by Gasteiger charge is -2.18. The first kappa shape index (κ1) is 17.8. The minimum atomic E-state index is -0.254. The van der Waals surface area contributed by atoms with Crippen LogP contribution in [0.4, 0.5) is 0 Å². The molecular weight excluding hydrogens is 356 g/mol. The number of hydrogen-bond acceptors (Lipinski definition) is 6. The summed E-state index contributed by atoms with van der Waals surface area (Å²) in [6.45, 7) is 0. The summed E-state index contributed by atoms with van der Waals surface area (Å²) >= 11 is 2.70. The van der Waals surface area contributed by atoms with Crippen LogP contribution in [-0.2, 0) is 6.42 Å². The summed E-state index contributed by atoms with van der Waals surface area (Å²) in [5.74, 6) is 0.558. The van der Waals surface area contributed by atoms with Gasteiger partial charge in [0.15, 0.2) is 0 Å². The predicted octanol–water partition coefficient (Wildman–Crippen LogP) is 3.30. The van der Waals surface area contributed by atoms with Gasteiger partial charge in [0.05, 0.1) is 0 Å². The Hall–Kier alpha value is -2.06. The van der Waals surface area contributed by atoms with E-state index in [1.165, 1.54) is 60.7 Å². The Morgan fingerprint density at radius 2 is 1.60 bits per heavy atom. The normalized spacial score (nSPS) is 14.7. The second-order valence-electron chi connectivity index (χ2n) is 5.97. The molecular formula is C17H20N4O2S2. The van der Waals surface area contributed by atoms with E-state index in [9.17, 15) is 9.59 Å². The molecule has 8 heteroatoms. The van der Waals surface area contributed by atoms with Crippen LogP contribution in [0, 0.1) is 0 Å². The smallest absolute Gasteiger partial charge is 0.260 e. The van der Waals surface area contributed by atoms with E-state index < -0.39 is 0 Å². The number of H-pyrrole nitrogens is 2. The third-order valence-electron chi connectivity index (χ3n) is 4.09. The van der Waals surface area contributed by atoms with Crippen LogP contribution < -0.4 is 11.4 Å². The van der Waals surface area contributed by atoms with Crippen LogP contribution in [0.3, 0.4) is 0 Å². The molecule has 6 nitrogen and oxygen atoms in total. The van der Waals surface area contributed by atoms with Gasteiger partial charge in [-0.3, -0.25) is 8.75 Å². The molecule has 0 spiro atoms. The first-order valence-electron chi connectivity index (χ1n) is 8.34. The molecule has 25 heavy (non-hydrogen) atoms. The number of nitrogens with one attached hydrogen (secondary N) is 2. The average molecular weight is 377 g/mol. The molecule has 1 aromatic carbocycles. The topological polar surface area (TPSA) is 91.5 Å². The van der Waals surface area contributed by atoms with Crippen LogP contribution in [-0.4, -0.2) is 18.7 Å². The minimum absolute atomic E-state index is 0.180. The highest BCUT2D eigenvalue weighted by Gasteiger charge is 2.18. The van der Waals surface area contributed by atoms with Crippen molar-refractivity contribution in [1.82, 2.24) is 18.7 Å². The lowest BCUT2D eigenvalue weighted by Crippen LogP contribution is -2.07. The number of hydrogen-bond donors (Lipinski definition) is 2. The van der Waals surface area contributed by atoms with Gasteiger partial charge in [-0.1, -0.05) is 49.6 Å². The van der Waals surface area contributed by atoms with E-state index in [-0.39, 0.29) is 11.4 Å². The van der Waals surface area contributed by atoms with Gasteiger partial charge in [0.25, 0.3) is 0 Å². The molecule has 0 aliphatic heterocycles. The minimum Gasteiger partial charge on any atom is -0.260 e. The van der Waals surface area contributed by atoms with Crippen LogP contribution in [0.15, 0.2) is 39.9 Å². The molecule has 3 aromatic rings. The molecule has 0 atom stereocenters. The van der Waals surface area contributed by atoms with E-state index in [2.05, 4.69) is 18.7 Å². The highest BCUT2D eigenvalue weighted by atomic mass is 32.1. The number of nitrogens with zero attached hydrogens (tertiary/aromatic N) is 2. The van der Waals surface area contributed by atoms with Gasteiger partial charge in [0.1, 0.15) is 10.0 Å². The first-order chi connectivity index (χ1) is 12.2. The maximum absolute atomic E-state index is 10.8. The summed E-state index contributed by atoms with van der Waals surface area (Å²) in [5, 5.41) is 1.84. The van der Waals surface area contributed by atoms with Crippen molar-refractivity contribution in [3.63, 3.8) is 0 Å². The fraction of sp³-hybridized carbons (Fsp3) is 0.412. The highest BCUT2D eigenvalue weighted by Crippen LogP contribution is 2.32. The summed E-state index contributed by atoms with van der Waals surface area (Å²) in [5.41, 5.74) is 0.738. The third-order valence-corrected chi connectivity index (χ3v) is 5.75. The van der Waals surface area contributed by atoms with Crippen molar-refractivity contribution in [3.8, 4) is 0 Å². The Bertz CT molecular complexity index is 875. The lowest BCUT2D eigenvalue weighted by molar-refractivity contribution is 0.442. The number of aromatic amines is 2. The van der Waals surface area contributed by atoms with E-state index in [0.29, 0.717) is 5.92 Å². The molecule has 1 aliphatic carbocycles. The van der Waals surface area contributed by atoms with Gasteiger partial charge in [0, 0.05) is 12.3 Å². The third kappa shape index (κ3) is 5.47. The Kier molecular flexibility index (Phi) is 6.30. The zero-order valence-electron chi connectivity index (χ0n) is 13.7. The Labute approximate surface area is 153 Å². The highest BCUT2D eigenvalue weighted by molar-refractivity contribution is 7.05. The van der Waals surface area contributed by atoms with Gasteiger partial charge in [0.2, 0.25) is 0 Å². The second-order valence-corrected chi connectivity index (χ2v) is 7.68. The second kappa shape index (κ2) is 8.87. The number of benzene rings is 1. The molecule has 4 rings (SSSR count). The molecule has 0 bridgehead atoms.